The van der Waals surface area contributed by atoms with E-state index in [4.69, 9.17) is 4.74 Å². The highest BCUT2D eigenvalue weighted by Crippen LogP contribution is 2.21. The van der Waals surface area contributed by atoms with Gasteiger partial charge in [0, 0.05) is 30.1 Å². The highest BCUT2D eigenvalue weighted by molar-refractivity contribution is 6.07. The summed E-state index contributed by atoms with van der Waals surface area (Å²) in [5.74, 6) is -0.615. The first-order chi connectivity index (χ1) is 14.6. The summed E-state index contributed by atoms with van der Waals surface area (Å²) >= 11 is 0. The fraction of sp³-hybridized carbons (Fsp3) is 0.250. The maximum Gasteiger partial charge on any atom is 0.252 e. The number of fused-ring (bicyclic) bond motifs is 1. The molecule has 6 nitrogen and oxygen atoms in total. The lowest BCUT2D eigenvalue weighted by atomic mass is 10.0. The van der Waals surface area contributed by atoms with Gasteiger partial charge in [0.2, 0.25) is 0 Å². The molecule has 4 rings (SSSR count). The van der Waals surface area contributed by atoms with Crippen molar-refractivity contribution in [2.24, 2.45) is 5.92 Å². The molecule has 0 aromatic heterocycles. The molecule has 154 valence electrons. The Morgan fingerprint density at radius 1 is 0.867 bits per heavy atom. The molecule has 0 unspecified atom stereocenters. The Morgan fingerprint density at radius 3 is 2.40 bits per heavy atom. The summed E-state index contributed by atoms with van der Waals surface area (Å²) in [7, 11) is 0. The van der Waals surface area contributed by atoms with Crippen molar-refractivity contribution < 1.29 is 19.4 Å². The van der Waals surface area contributed by atoms with Gasteiger partial charge in [-0.15, -0.1) is 0 Å². The summed E-state index contributed by atoms with van der Waals surface area (Å²) in [6, 6.07) is 22.2. The number of rotatable bonds is 6. The molecule has 1 heterocycles. The minimum Gasteiger partial charge on any atom is -0.390 e. The normalized spacial score (nSPS) is 20.8. The summed E-state index contributed by atoms with van der Waals surface area (Å²) in [5.41, 5.74) is 1.16. The molecular weight excluding hydrogens is 380 g/mol. The number of nitrogens with one attached hydrogen (secondary N) is 2. The SMILES string of the molecule is O=C(NC[C@@H]1CO[C@H](CNC(=O)c2cccc3ccccc23)[C@H]1O)c1ccccc1. The molecule has 0 spiro atoms. The second-order valence-corrected chi connectivity index (χ2v) is 7.44. The minimum atomic E-state index is -0.770. The number of aliphatic hydroxyl groups is 1. The van der Waals surface area contributed by atoms with Gasteiger partial charge in [-0.25, -0.2) is 0 Å². The molecule has 1 aliphatic rings. The van der Waals surface area contributed by atoms with Gasteiger partial charge in [-0.2, -0.15) is 0 Å². The van der Waals surface area contributed by atoms with Crippen molar-refractivity contribution >= 4 is 22.6 Å². The van der Waals surface area contributed by atoms with Crippen molar-refractivity contribution in [2.75, 3.05) is 19.7 Å². The average Bonchev–Trinajstić information content (AvgIpc) is 3.15. The fourth-order valence-corrected chi connectivity index (χ4v) is 3.73. The van der Waals surface area contributed by atoms with Crippen LogP contribution in [-0.2, 0) is 4.74 Å². The number of hydrogen-bond donors (Lipinski definition) is 3. The second-order valence-electron chi connectivity index (χ2n) is 7.44. The van der Waals surface area contributed by atoms with Gasteiger partial charge in [0.25, 0.3) is 11.8 Å². The molecule has 3 N–H and O–H groups in total. The van der Waals surface area contributed by atoms with Crippen LogP contribution in [0, 0.1) is 5.92 Å². The largest absolute Gasteiger partial charge is 0.390 e. The Balaban J connectivity index is 1.30. The molecule has 3 aromatic carbocycles. The molecule has 1 aliphatic heterocycles. The standard InChI is InChI=1S/C24H24N2O4/c27-22-18(13-25-23(28)17-8-2-1-3-9-17)15-30-21(22)14-26-24(29)20-12-6-10-16-7-4-5-11-19(16)20/h1-12,18,21-22,27H,13-15H2,(H,25,28)(H,26,29)/t18-,21-,22+/m1/s1. The van der Waals surface area contributed by atoms with Gasteiger partial charge in [-0.1, -0.05) is 54.6 Å². The van der Waals surface area contributed by atoms with E-state index in [-0.39, 0.29) is 24.3 Å². The molecule has 0 bridgehead atoms. The van der Waals surface area contributed by atoms with E-state index < -0.39 is 12.2 Å². The summed E-state index contributed by atoms with van der Waals surface area (Å²) in [6.07, 6.45) is -1.28. The highest BCUT2D eigenvalue weighted by atomic mass is 16.5. The summed E-state index contributed by atoms with van der Waals surface area (Å²) in [6.45, 7) is 0.833. The molecule has 3 aromatic rings. The molecular formula is C24H24N2O4. The minimum absolute atomic E-state index is 0.185. The third-order valence-electron chi connectivity index (χ3n) is 5.45. The van der Waals surface area contributed by atoms with E-state index >= 15 is 0 Å². The first-order valence-electron chi connectivity index (χ1n) is 10.0. The molecule has 0 aliphatic carbocycles. The Bertz CT molecular complexity index is 1030. The first kappa shape index (κ1) is 20.1. The summed E-state index contributed by atoms with van der Waals surface area (Å²) < 4.78 is 5.67. The third kappa shape index (κ3) is 4.35. The summed E-state index contributed by atoms with van der Waals surface area (Å²) in [4.78, 5) is 24.8. The van der Waals surface area contributed by atoms with Crippen LogP contribution in [0.4, 0.5) is 0 Å². The van der Waals surface area contributed by atoms with Crippen LogP contribution in [0.15, 0.2) is 72.8 Å². The second kappa shape index (κ2) is 9.07. The van der Waals surface area contributed by atoms with E-state index in [1.165, 1.54) is 0 Å². The van der Waals surface area contributed by atoms with Crippen LogP contribution in [0.25, 0.3) is 10.8 Å². The Hall–Kier alpha value is -3.22. The van der Waals surface area contributed by atoms with Crippen molar-refractivity contribution in [3.05, 3.63) is 83.9 Å². The zero-order chi connectivity index (χ0) is 20.9. The van der Waals surface area contributed by atoms with Crippen molar-refractivity contribution in [2.45, 2.75) is 12.2 Å². The lowest BCUT2D eigenvalue weighted by Crippen LogP contribution is -2.41. The quantitative estimate of drug-likeness (QED) is 0.589. The van der Waals surface area contributed by atoms with Crippen molar-refractivity contribution in [1.82, 2.24) is 10.6 Å². The maximum atomic E-state index is 12.7. The van der Waals surface area contributed by atoms with E-state index in [0.29, 0.717) is 24.3 Å². The van der Waals surface area contributed by atoms with Crippen LogP contribution in [0.2, 0.25) is 0 Å². The van der Waals surface area contributed by atoms with Crippen LogP contribution in [0.5, 0.6) is 0 Å². The Labute approximate surface area is 174 Å². The molecule has 2 amide bonds. The lowest BCUT2D eigenvalue weighted by Gasteiger charge is -2.18. The van der Waals surface area contributed by atoms with Gasteiger partial charge in [0.05, 0.1) is 12.7 Å². The van der Waals surface area contributed by atoms with Gasteiger partial charge in [-0.3, -0.25) is 9.59 Å². The number of carbonyl (C=O) groups excluding carboxylic acids is 2. The van der Waals surface area contributed by atoms with Crippen LogP contribution in [0.1, 0.15) is 20.7 Å². The zero-order valence-corrected chi connectivity index (χ0v) is 16.5. The molecule has 0 radical (unpaired) electrons. The van der Waals surface area contributed by atoms with Crippen LogP contribution < -0.4 is 10.6 Å². The van der Waals surface area contributed by atoms with Crippen molar-refractivity contribution in [3.63, 3.8) is 0 Å². The number of hydrogen-bond acceptors (Lipinski definition) is 4. The smallest absolute Gasteiger partial charge is 0.252 e. The topological polar surface area (TPSA) is 87.7 Å². The molecule has 3 atom stereocenters. The van der Waals surface area contributed by atoms with Gasteiger partial charge >= 0.3 is 0 Å². The fourth-order valence-electron chi connectivity index (χ4n) is 3.73. The van der Waals surface area contributed by atoms with E-state index in [1.807, 2.05) is 42.5 Å². The van der Waals surface area contributed by atoms with Gasteiger partial charge < -0.3 is 20.5 Å². The average molecular weight is 404 g/mol. The number of ether oxygens (including phenoxy) is 1. The van der Waals surface area contributed by atoms with E-state index in [1.54, 1.807) is 30.3 Å². The first-order valence-corrected chi connectivity index (χ1v) is 10.0. The molecule has 0 saturated carbocycles. The van der Waals surface area contributed by atoms with Crippen LogP contribution in [-0.4, -0.2) is 48.8 Å². The predicted molar refractivity (Wildman–Crippen MR) is 114 cm³/mol. The number of carbonyl (C=O) groups is 2. The molecule has 6 heteroatoms. The lowest BCUT2D eigenvalue weighted by molar-refractivity contribution is 0.0384. The van der Waals surface area contributed by atoms with Crippen LogP contribution >= 0.6 is 0 Å². The van der Waals surface area contributed by atoms with Gasteiger partial charge in [0.1, 0.15) is 6.10 Å². The monoisotopic (exact) mass is 404 g/mol. The third-order valence-corrected chi connectivity index (χ3v) is 5.45. The van der Waals surface area contributed by atoms with E-state index in [0.717, 1.165) is 10.8 Å². The Morgan fingerprint density at radius 2 is 1.57 bits per heavy atom. The number of benzene rings is 3. The predicted octanol–water partition coefficient (Wildman–Crippen LogP) is 2.38. The van der Waals surface area contributed by atoms with E-state index in [2.05, 4.69) is 10.6 Å². The van der Waals surface area contributed by atoms with Crippen molar-refractivity contribution in [3.8, 4) is 0 Å². The van der Waals surface area contributed by atoms with Crippen molar-refractivity contribution in [1.29, 1.82) is 0 Å². The zero-order valence-electron chi connectivity index (χ0n) is 16.5. The van der Waals surface area contributed by atoms with E-state index in [9.17, 15) is 14.7 Å². The molecule has 1 fully saturated rings. The Kier molecular flexibility index (Phi) is 6.07. The molecule has 30 heavy (non-hydrogen) atoms. The maximum absolute atomic E-state index is 12.7. The van der Waals surface area contributed by atoms with Gasteiger partial charge in [0.15, 0.2) is 0 Å². The highest BCUT2D eigenvalue weighted by Gasteiger charge is 2.36. The van der Waals surface area contributed by atoms with Crippen LogP contribution in [0.3, 0.4) is 0 Å². The summed E-state index contributed by atoms with van der Waals surface area (Å²) in [5, 5.41) is 18.1. The number of aliphatic hydroxyl groups excluding tert-OH is 1. The molecule has 1 saturated heterocycles. The van der Waals surface area contributed by atoms with Gasteiger partial charge in [-0.05, 0) is 29.0 Å². The number of amides is 2.